The maximum absolute atomic E-state index is 11.9. The van der Waals surface area contributed by atoms with Crippen molar-refractivity contribution in [1.82, 2.24) is 4.90 Å². The highest BCUT2D eigenvalue weighted by Gasteiger charge is 2.29. The molecule has 1 saturated heterocycles. The Kier molecular flexibility index (Phi) is 4.21. The van der Waals surface area contributed by atoms with Crippen LogP contribution in [0.15, 0.2) is 35.2 Å². The molecule has 1 aromatic rings. The van der Waals surface area contributed by atoms with E-state index < -0.39 is 16.1 Å². The van der Waals surface area contributed by atoms with Gasteiger partial charge in [0.1, 0.15) is 4.90 Å². The molecule has 0 unspecified atom stereocenters. The summed E-state index contributed by atoms with van der Waals surface area (Å²) < 4.78 is 28.5. The first-order valence-electron chi connectivity index (χ1n) is 6.21. The van der Waals surface area contributed by atoms with E-state index in [1.807, 2.05) is 7.05 Å². The Labute approximate surface area is 113 Å². The molecule has 0 amide bonds. The SMILES string of the molecule is CN1CCC(C(=O)OS(=O)(=O)c2ccccc2)CC1. The van der Waals surface area contributed by atoms with Crippen molar-refractivity contribution in [2.45, 2.75) is 17.7 Å². The third kappa shape index (κ3) is 3.54. The van der Waals surface area contributed by atoms with E-state index in [2.05, 4.69) is 4.90 Å². The van der Waals surface area contributed by atoms with Crippen molar-refractivity contribution in [1.29, 1.82) is 0 Å². The van der Waals surface area contributed by atoms with Crippen LogP contribution in [-0.2, 0) is 19.1 Å². The monoisotopic (exact) mass is 283 g/mol. The summed E-state index contributed by atoms with van der Waals surface area (Å²) in [6.07, 6.45) is 1.28. The van der Waals surface area contributed by atoms with Crippen LogP contribution in [0, 0.1) is 5.92 Å². The summed E-state index contributed by atoms with van der Waals surface area (Å²) in [6.45, 7) is 1.57. The topological polar surface area (TPSA) is 63.7 Å². The average molecular weight is 283 g/mol. The molecule has 6 heteroatoms. The Morgan fingerprint density at radius 1 is 1.21 bits per heavy atom. The maximum Gasteiger partial charge on any atom is 0.341 e. The van der Waals surface area contributed by atoms with Gasteiger partial charge in [0.2, 0.25) is 0 Å². The van der Waals surface area contributed by atoms with Gasteiger partial charge in [-0.2, -0.15) is 8.42 Å². The largest absolute Gasteiger partial charge is 0.342 e. The maximum atomic E-state index is 11.9. The summed E-state index contributed by atoms with van der Waals surface area (Å²) in [5.41, 5.74) is 0. The number of nitrogens with zero attached hydrogens (tertiary/aromatic N) is 1. The van der Waals surface area contributed by atoms with Gasteiger partial charge in [0.15, 0.2) is 0 Å². The molecule has 1 fully saturated rings. The Morgan fingerprint density at radius 2 is 1.79 bits per heavy atom. The van der Waals surface area contributed by atoms with E-state index in [0.29, 0.717) is 12.8 Å². The minimum atomic E-state index is -3.99. The number of piperidine rings is 1. The molecule has 0 aromatic heterocycles. The second kappa shape index (κ2) is 5.71. The van der Waals surface area contributed by atoms with Crippen molar-refractivity contribution in [2.24, 2.45) is 5.92 Å². The van der Waals surface area contributed by atoms with Gasteiger partial charge in [-0.05, 0) is 45.1 Å². The molecule has 19 heavy (non-hydrogen) atoms. The van der Waals surface area contributed by atoms with Crippen molar-refractivity contribution in [3.8, 4) is 0 Å². The van der Waals surface area contributed by atoms with Crippen molar-refractivity contribution < 1.29 is 17.4 Å². The van der Waals surface area contributed by atoms with Crippen molar-refractivity contribution in [2.75, 3.05) is 20.1 Å². The van der Waals surface area contributed by atoms with Crippen molar-refractivity contribution >= 4 is 16.1 Å². The van der Waals surface area contributed by atoms with E-state index in [1.54, 1.807) is 18.2 Å². The molecule has 1 heterocycles. The van der Waals surface area contributed by atoms with Crippen LogP contribution in [0.25, 0.3) is 0 Å². The minimum absolute atomic E-state index is 0.0104. The van der Waals surface area contributed by atoms with E-state index in [1.165, 1.54) is 12.1 Å². The van der Waals surface area contributed by atoms with E-state index in [9.17, 15) is 13.2 Å². The number of rotatable bonds is 3. The molecule has 104 valence electrons. The highest BCUT2D eigenvalue weighted by Crippen LogP contribution is 2.20. The van der Waals surface area contributed by atoms with E-state index in [-0.39, 0.29) is 10.8 Å². The zero-order chi connectivity index (χ0) is 13.9. The lowest BCUT2D eigenvalue weighted by molar-refractivity contribution is -0.139. The number of benzene rings is 1. The fourth-order valence-electron chi connectivity index (χ4n) is 2.06. The molecule has 0 N–H and O–H groups in total. The quantitative estimate of drug-likeness (QED) is 0.781. The first-order valence-corrected chi connectivity index (χ1v) is 7.62. The first kappa shape index (κ1) is 14.0. The molecule has 0 radical (unpaired) electrons. The predicted octanol–water partition coefficient (Wildman–Crippen LogP) is 1.26. The van der Waals surface area contributed by atoms with Crippen LogP contribution in [0.3, 0.4) is 0 Å². The lowest BCUT2D eigenvalue weighted by Gasteiger charge is -2.27. The molecule has 5 nitrogen and oxygen atoms in total. The third-order valence-corrected chi connectivity index (χ3v) is 4.51. The summed E-state index contributed by atoms with van der Waals surface area (Å²) >= 11 is 0. The molecule has 0 bridgehead atoms. The van der Waals surface area contributed by atoms with Crippen LogP contribution in [0.4, 0.5) is 0 Å². The van der Waals surface area contributed by atoms with Crippen molar-refractivity contribution in [3.63, 3.8) is 0 Å². The van der Waals surface area contributed by atoms with Crippen LogP contribution < -0.4 is 0 Å². The van der Waals surface area contributed by atoms with Gasteiger partial charge in [0.05, 0.1) is 5.92 Å². The molecule has 0 spiro atoms. The van der Waals surface area contributed by atoms with Gasteiger partial charge in [-0.25, -0.2) is 0 Å². The van der Waals surface area contributed by atoms with Gasteiger partial charge < -0.3 is 9.08 Å². The summed E-state index contributed by atoms with van der Waals surface area (Å²) in [4.78, 5) is 14.0. The fourth-order valence-corrected chi connectivity index (χ4v) is 2.99. The minimum Gasteiger partial charge on any atom is -0.342 e. The van der Waals surface area contributed by atoms with E-state index >= 15 is 0 Å². The molecule has 1 aliphatic rings. The van der Waals surface area contributed by atoms with Crippen LogP contribution >= 0.6 is 0 Å². The summed E-state index contributed by atoms with van der Waals surface area (Å²) in [5.74, 6) is -0.966. The number of hydrogen-bond acceptors (Lipinski definition) is 5. The Bertz CT molecular complexity index is 533. The summed E-state index contributed by atoms with van der Waals surface area (Å²) in [7, 11) is -2.01. The lowest BCUT2D eigenvalue weighted by atomic mass is 9.98. The average Bonchev–Trinajstić information content (AvgIpc) is 2.40. The van der Waals surface area contributed by atoms with E-state index in [4.69, 9.17) is 4.18 Å². The number of carbonyl (C=O) groups excluding carboxylic acids is 1. The molecular formula is C13H17NO4S. The van der Waals surface area contributed by atoms with Gasteiger partial charge in [0, 0.05) is 0 Å². The smallest absolute Gasteiger partial charge is 0.341 e. The highest BCUT2D eigenvalue weighted by atomic mass is 32.2. The Balaban J connectivity index is 2.03. The van der Waals surface area contributed by atoms with E-state index in [0.717, 1.165) is 13.1 Å². The molecule has 2 rings (SSSR count). The zero-order valence-electron chi connectivity index (χ0n) is 10.8. The van der Waals surface area contributed by atoms with Crippen LogP contribution in [-0.4, -0.2) is 39.4 Å². The van der Waals surface area contributed by atoms with Crippen LogP contribution in [0.2, 0.25) is 0 Å². The number of hydrogen-bond donors (Lipinski definition) is 0. The van der Waals surface area contributed by atoms with Gasteiger partial charge in [-0.15, -0.1) is 0 Å². The summed E-state index contributed by atoms with van der Waals surface area (Å²) in [5, 5.41) is 0. The molecular weight excluding hydrogens is 266 g/mol. The number of likely N-dealkylation sites (tertiary alicyclic amines) is 1. The summed E-state index contributed by atoms with van der Waals surface area (Å²) in [6, 6.07) is 7.72. The van der Waals surface area contributed by atoms with Gasteiger partial charge >= 0.3 is 16.1 Å². The van der Waals surface area contributed by atoms with Gasteiger partial charge in [-0.1, -0.05) is 18.2 Å². The number of carbonyl (C=O) groups is 1. The molecule has 1 aliphatic heterocycles. The fraction of sp³-hybridized carbons (Fsp3) is 0.462. The van der Waals surface area contributed by atoms with Crippen molar-refractivity contribution in [3.05, 3.63) is 30.3 Å². The van der Waals surface area contributed by atoms with Crippen LogP contribution in [0.1, 0.15) is 12.8 Å². The second-order valence-electron chi connectivity index (χ2n) is 4.75. The molecule has 0 atom stereocenters. The van der Waals surface area contributed by atoms with Gasteiger partial charge in [-0.3, -0.25) is 4.79 Å². The predicted molar refractivity (Wildman–Crippen MR) is 69.9 cm³/mol. The molecule has 0 saturated carbocycles. The normalized spacial score (nSPS) is 18.2. The standard InChI is InChI=1S/C13H17NO4S/c1-14-9-7-11(8-10-14)13(15)18-19(16,17)12-5-3-2-4-6-12/h2-6,11H,7-10H2,1H3. The zero-order valence-corrected chi connectivity index (χ0v) is 11.6. The molecule has 1 aromatic carbocycles. The first-order chi connectivity index (χ1) is 8.99. The molecule has 0 aliphatic carbocycles. The van der Waals surface area contributed by atoms with Gasteiger partial charge in [0.25, 0.3) is 0 Å². The Hall–Kier alpha value is -1.40. The second-order valence-corrected chi connectivity index (χ2v) is 6.29. The Morgan fingerprint density at radius 3 is 2.37 bits per heavy atom. The third-order valence-electron chi connectivity index (χ3n) is 3.28. The highest BCUT2D eigenvalue weighted by molar-refractivity contribution is 7.87. The van der Waals surface area contributed by atoms with Crippen LogP contribution in [0.5, 0.6) is 0 Å². The lowest BCUT2D eigenvalue weighted by Crippen LogP contribution is -2.35.